The van der Waals surface area contributed by atoms with Crippen molar-refractivity contribution in [1.29, 1.82) is 0 Å². The maximum absolute atomic E-state index is 16.0. The second-order valence-electron chi connectivity index (χ2n) is 14.7. The second-order valence-corrected chi connectivity index (χ2v) is 17.8. The van der Waals surface area contributed by atoms with Crippen molar-refractivity contribution in [2.45, 2.75) is 14.7 Å². The van der Waals surface area contributed by atoms with Gasteiger partial charge in [0, 0.05) is 37.1 Å². The summed E-state index contributed by atoms with van der Waals surface area (Å²) in [6.45, 7) is 0. The van der Waals surface area contributed by atoms with E-state index in [1.54, 1.807) is 6.07 Å². The van der Waals surface area contributed by atoms with Gasteiger partial charge in [-0.05, 0) is 107 Å². The van der Waals surface area contributed by atoms with Crippen LogP contribution in [0.2, 0.25) is 0 Å². The van der Waals surface area contributed by atoms with Gasteiger partial charge in [0.25, 0.3) is 0 Å². The lowest BCUT2D eigenvalue weighted by Gasteiger charge is -2.40. The fourth-order valence-electron chi connectivity index (χ4n) is 7.66. The van der Waals surface area contributed by atoms with Crippen molar-refractivity contribution in [3.63, 3.8) is 0 Å². The normalized spacial score (nSPS) is 11.5. The third-order valence-electron chi connectivity index (χ3n) is 10.6. The van der Waals surface area contributed by atoms with Crippen molar-refractivity contribution in [1.82, 2.24) is 0 Å². The molecule has 0 saturated heterocycles. The van der Waals surface area contributed by atoms with Crippen LogP contribution < -0.4 is 14.2 Å². The number of para-hydroxylation sites is 4. The molecule has 0 unspecified atom stereocenters. The van der Waals surface area contributed by atoms with Crippen LogP contribution in [-0.2, 0) is 4.18 Å². The highest BCUT2D eigenvalue weighted by Gasteiger charge is 2.38. The molecular weight excluding hydrogens is 833 g/mol. The molecule has 0 radical (unpaired) electrons. The summed E-state index contributed by atoms with van der Waals surface area (Å²) in [6, 6.07) is 72.9. The van der Waals surface area contributed by atoms with E-state index in [-0.39, 0.29) is 22.8 Å². The molecule has 310 valence electrons. The lowest BCUT2D eigenvalue weighted by Crippen LogP contribution is -2.15. The lowest BCUT2D eigenvalue weighted by molar-refractivity contribution is 0.0757. The van der Waals surface area contributed by atoms with E-state index >= 15 is 4.79 Å². The van der Waals surface area contributed by atoms with E-state index in [1.807, 2.05) is 224 Å². The number of fused-ring (bicyclic) bond motifs is 2. The molecule has 8 heteroatoms. The van der Waals surface area contributed by atoms with Crippen molar-refractivity contribution < 1.29 is 27.6 Å². The maximum Gasteiger partial charge on any atom is 0.350 e. The van der Waals surface area contributed by atoms with E-state index in [2.05, 4.69) is 0 Å². The quantitative estimate of drug-likeness (QED) is 0.0895. The van der Waals surface area contributed by atoms with E-state index in [4.69, 9.17) is 35.0 Å². The minimum atomic E-state index is -2.89. The molecular formula is C56H38O6S2. The zero-order valence-corrected chi connectivity index (χ0v) is 35.8. The van der Waals surface area contributed by atoms with Gasteiger partial charge in [-0.25, -0.2) is 4.79 Å². The van der Waals surface area contributed by atoms with Gasteiger partial charge in [0.15, 0.2) is 11.5 Å². The van der Waals surface area contributed by atoms with E-state index < -0.39 is 16.3 Å². The predicted octanol–water partition coefficient (Wildman–Crippen LogP) is 16.4. The smallest absolute Gasteiger partial charge is 0.350 e. The Morgan fingerprint density at radius 2 is 0.906 bits per heavy atom. The van der Waals surface area contributed by atoms with Gasteiger partial charge in [-0.2, -0.15) is 0 Å². The summed E-state index contributed by atoms with van der Waals surface area (Å²) < 4.78 is 34.7. The Labute approximate surface area is 377 Å². The molecule has 6 nitrogen and oxygen atoms in total. The number of rotatable bonds is 12. The van der Waals surface area contributed by atoms with Crippen LogP contribution in [0.1, 0.15) is 10.4 Å². The third kappa shape index (κ3) is 7.88. The molecule has 0 N–H and O–H groups in total. The fourth-order valence-corrected chi connectivity index (χ4v) is 11.0. The van der Waals surface area contributed by atoms with Gasteiger partial charge in [-0.3, -0.25) is 0 Å². The molecule has 0 spiro atoms. The summed E-state index contributed by atoms with van der Waals surface area (Å²) in [7, 11) is -2.89. The zero-order chi connectivity index (χ0) is 43.3. The number of ether oxygens (including phenoxy) is 3. The molecule has 0 fully saturated rings. The third-order valence-corrected chi connectivity index (χ3v) is 14.2. The van der Waals surface area contributed by atoms with Gasteiger partial charge in [-0.15, -0.1) is 0 Å². The Bertz CT molecular complexity index is 3250. The summed E-state index contributed by atoms with van der Waals surface area (Å²) in [5.41, 5.74) is 2.65. The molecule has 1 aromatic heterocycles. The summed E-state index contributed by atoms with van der Waals surface area (Å²) in [4.78, 5) is 18.3. The van der Waals surface area contributed by atoms with Crippen LogP contribution in [0.3, 0.4) is 0 Å². The standard InChI is InChI=1S/C56H38O6S2/c57-56(62-64(43-29-15-5-16-30-43,44-31-17-6-18-32-44)45-35-36-50-47(37-45)55(63)46-33-19-20-34-49(46)61-50)48-38-51(58-40-23-9-2-10-24-40)53(59-41-25-11-3-12-26-41)54(60-42-27-13-4-14-28-42)52(48)39-21-7-1-8-22-39/h1-38H. The number of carbonyl (C=O) groups is 1. The number of carbonyl (C=O) groups excluding carboxylic acids is 1. The molecule has 10 aromatic rings. The molecule has 0 aliphatic rings. The topological polar surface area (TPSA) is 67.1 Å². The van der Waals surface area contributed by atoms with Gasteiger partial charge in [0.2, 0.25) is 5.75 Å². The highest BCUT2D eigenvalue weighted by molar-refractivity contribution is 8.30. The summed E-state index contributed by atoms with van der Waals surface area (Å²) in [5.74, 6) is 1.74. The molecule has 0 atom stereocenters. The molecule has 64 heavy (non-hydrogen) atoms. The van der Waals surface area contributed by atoms with Crippen LogP contribution in [0, 0.1) is 4.51 Å². The van der Waals surface area contributed by atoms with E-state index in [0.29, 0.717) is 44.1 Å². The summed E-state index contributed by atoms with van der Waals surface area (Å²) in [6.07, 6.45) is 0. The highest BCUT2D eigenvalue weighted by atomic mass is 32.3. The molecule has 0 saturated carbocycles. The van der Waals surface area contributed by atoms with Gasteiger partial charge in [-0.1, -0.05) is 146 Å². The van der Waals surface area contributed by atoms with Crippen molar-refractivity contribution >= 4 is 50.4 Å². The minimum Gasteiger partial charge on any atom is -0.456 e. The average molecular weight is 871 g/mol. The number of hydrogen-bond donors (Lipinski definition) is 0. The number of hydrogen-bond acceptors (Lipinski definition) is 7. The van der Waals surface area contributed by atoms with Gasteiger partial charge in [0.05, 0.1) is 10.1 Å². The molecule has 0 aliphatic heterocycles. The highest BCUT2D eigenvalue weighted by Crippen LogP contribution is 2.70. The van der Waals surface area contributed by atoms with E-state index in [0.717, 1.165) is 25.5 Å². The van der Waals surface area contributed by atoms with Crippen LogP contribution in [0.25, 0.3) is 33.1 Å². The Balaban J connectivity index is 1.25. The molecule has 0 bridgehead atoms. The molecule has 0 aliphatic carbocycles. The van der Waals surface area contributed by atoms with Crippen LogP contribution in [0.5, 0.6) is 34.5 Å². The monoisotopic (exact) mass is 870 g/mol. The number of benzene rings is 9. The predicted molar refractivity (Wildman–Crippen MR) is 257 cm³/mol. The first-order valence-corrected chi connectivity index (χ1v) is 22.6. The first-order valence-electron chi connectivity index (χ1n) is 20.6. The Kier molecular flexibility index (Phi) is 11.2. The van der Waals surface area contributed by atoms with Crippen molar-refractivity contribution in [2.75, 3.05) is 0 Å². The summed E-state index contributed by atoms with van der Waals surface area (Å²) in [5, 5.41) is 1.55. The van der Waals surface area contributed by atoms with Crippen LogP contribution in [-0.4, -0.2) is 5.97 Å². The summed E-state index contributed by atoms with van der Waals surface area (Å²) >= 11 is 6.14. The Morgan fingerprint density at radius 3 is 1.48 bits per heavy atom. The zero-order valence-electron chi connectivity index (χ0n) is 34.2. The average Bonchev–Trinajstić information content (AvgIpc) is 3.36. The van der Waals surface area contributed by atoms with Crippen molar-refractivity contribution in [3.8, 4) is 45.6 Å². The van der Waals surface area contributed by atoms with Gasteiger partial charge >= 0.3 is 5.97 Å². The lowest BCUT2D eigenvalue weighted by atomic mass is 9.97. The maximum atomic E-state index is 16.0. The van der Waals surface area contributed by atoms with Crippen LogP contribution >= 0.6 is 22.5 Å². The SMILES string of the molecule is O=C(OS(c1ccccc1)(c1ccccc1)c1ccc2oc3ccccc3c(=S)c2c1)c1cc(Oc2ccccc2)c(Oc2ccccc2)c(Oc2ccccc2)c1-c1ccccc1. The van der Waals surface area contributed by atoms with E-state index in [1.165, 1.54) is 0 Å². The fraction of sp³-hybridized carbons (Fsp3) is 0. The van der Waals surface area contributed by atoms with Gasteiger partial charge < -0.3 is 22.8 Å². The van der Waals surface area contributed by atoms with Crippen LogP contribution in [0.4, 0.5) is 0 Å². The van der Waals surface area contributed by atoms with Crippen molar-refractivity contribution in [2.24, 2.45) is 0 Å². The second kappa shape index (κ2) is 17.8. The van der Waals surface area contributed by atoms with Crippen molar-refractivity contribution in [3.05, 3.63) is 241 Å². The first kappa shape index (κ1) is 40.2. The Hall–Kier alpha value is -7.91. The van der Waals surface area contributed by atoms with E-state index in [9.17, 15) is 0 Å². The first-order chi connectivity index (χ1) is 31.5. The molecule has 0 amide bonds. The van der Waals surface area contributed by atoms with Crippen LogP contribution in [0.15, 0.2) is 250 Å². The molecule has 9 aromatic carbocycles. The molecule has 10 rings (SSSR count). The molecule has 1 heterocycles. The van der Waals surface area contributed by atoms with Gasteiger partial charge in [0.1, 0.15) is 28.4 Å². The Morgan fingerprint density at radius 1 is 0.438 bits per heavy atom. The largest absolute Gasteiger partial charge is 0.456 e. The minimum absolute atomic E-state index is 0.193.